The van der Waals surface area contributed by atoms with Crippen LogP contribution in [0.4, 0.5) is 5.69 Å². The predicted molar refractivity (Wildman–Crippen MR) is 114 cm³/mol. The Balaban J connectivity index is 1.51. The number of hydrogen-bond donors (Lipinski definition) is 1. The maximum absolute atomic E-state index is 12.6. The molecule has 146 valence electrons. The lowest BCUT2D eigenvalue weighted by molar-refractivity contribution is 0.0526. The van der Waals surface area contributed by atoms with Crippen LogP contribution in [0.2, 0.25) is 0 Å². The SMILES string of the molecule is CCOC(=O)c1ccc(NC(=O)c2ccc(-c3nc4ccccc4n3C)s2)cc1. The highest BCUT2D eigenvalue weighted by Gasteiger charge is 2.15. The van der Waals surface area contributed by atoms with Crippen LogP contribution in [0.15, 0.2) is 60.7 Å². The zero-order valence-electron chi connectivity index (χ0n) is 16.0. The number of carbonyl (C=O) groups is 2. The van der Waals surface area contributed by atoms with Gasteiger partial charge in [-0.1, -0.05) is 12.1 Å². The summed E-state index contributed by atoms with van der Waals surface area (Å²) in [5, 5.41) is 2.85. The van der Waals surface area contributed by atoms with Crippen molar-refractivity contribution >= 4 is 39.9 Å². The van der Waals surface area contributed by atoms with Gasteiger partial charge < -0.3 is 14.6 Å². The topological polar surface area (TPSA) is 73.2 Å². The molecule has 0 unspecified atom stereocenters. The summed E-state index contributed by atoms with van der Waals surface area (Å²) in [6.07, 6.45) is 0. The standard InChI is InChI=1S/C22H19N3O3S/c1-3-28-22(27)14-8-10-15(11-9-14)23-21(26)19-13-12-18(29-19)20-24-16-6-4-5-7-17(16)25(20)2/h4-13H,3H2,1-2H3,(H,23,26). The summed E-state index contributed by atoms with van der Waals surface area (Å²) < 4.78 is 6.99. The Bertz CT molecular complexity index is 1190. The molecule has 0 fully saturated rings. The third-order valence-electron chi connectivity index (χ3n) is 4.49. The van der Waals surface area contributed by atoms with E-state index < -0.39 is 0 Å². The zero-order valence-corrected chi connectivity index (χ0v) is 16.8. The van der Waals surface area contributed by atoms with Gasteiger partial charge in [0.05, 0.1) is 33.0 Å². The number of para-hydroxylation sites is 2. The number of nitrogens with one attached hydrogen (secondary N) is 1. The first-order chi connectivity index (χ1) is 14.1. The van der Waals surface area contributed by atoms with Crippen LogP contribution in [0.1, 0.15) is 27.0 Å². The quantitative estimate of drug-likeness (QED) is 0.487. The van der Waals surface area contributed by atoms with Crippen molar-refractivity contribution in [2.75, 3.05) is 11.9 Å². The van der Waals surface area contributed by atoms with E-state index in [1.165, 1.54) is 11.3 Å². The van der Waals surface area contributed by atoms with Gasteiger partial charge in [0.25, 0.3) is 5.91 Å². The monoisotopic (exact) mass is 405 g/mol. The van der Waals surface area contributed by atoms with Crippen LogP contribution in [0.25, 0.3) is 21.7 Å². The molecule has 6 nitrogen and oxygen atoms in total. The second kappa shape index (κ2) is 7.89. The number of ether oxygens (including phenoxy) is 1. The summed E-state index contributed by atoms with van der Waals surface area (Å²) in [6.45, 7) is 2.08. The highest BCUT2D eigenvalue weighted by molar-refractivity contribution is 7.17. The van der Waals surface area contributed by atoms with Crippen molar-refractivity contribution in [3.8, 4) is 10.7 Å². The van der Waals surface area contributed by atoms with Gasteiger partial charge in [0, 0.05) is 12.7 Å². The lowest BCUT2D eigenvalue weighted by atomic mass is 10.2. The van der Waals surface area contributed by atoms with Gasteiger partial charge in [0.2, 0.25) is 0 Å². The molecule has 4 aromatic rings. The Labute approximate surface area is 171 Å². The second-order valence-electron chi connectivity index (χ2n) is 6.40. The minimum absolute atomic E-state index is 0.205. The van der Waals surface area contributed by atoms with Crippen LogP contribution in [-0.2, 0) is 11.8 Å². The largest absolute Gasteiger partial charge is 0.462 e. The third-order valence-corrected chi connectivity index (χ3v) is 5.57. The van der Waals surface area contributed by atoms with Crippen LogP contribution < -0.4 is 5.32 Å². The van der Waals surface area contributed by atoms with E-state index in [9.17, 15) is 9.59 Å². The predicted octanol–water partition coefficient (Wildman–Crippen LogP) is 4.73. The fourth-order valence-corrected chi connectivity index (χ4v) is 3.97. The third kappa shape index (κ3) is 3.77. The molecule has 1 amide bonds. The molecule has 2 heterocycles. The second-order valence-corrected chi connectivity index (χ2v) is 7.48. The molecule has 0 atom stereocenters. The number of hydrogen-bond acceptors (Lipinski definition) is 5. The first-order valence-electron chi connectivity index (χ1n) is 9.17. The number of imidazole rings is 1. The summed E-state index contributed by atoms with van der Waals surface area (Å²) in [5.41, 5.74) is 3.03. The van der Waals surface area contributed by atoms with Crippen molar-refractivity contribution in [1.29, 1.82) is 0 Å². The number of benzene rings is 2. The smallest absolute Gasteiger partial charge is 0.338 e. The summed E-state index contributed by atoms with van der Waals surface area (Å²) in [6, 6.07) is 18.3. The number of nitrogens with zero attached hydrogens (tertiary/aromatic N) is 2. The van der Waals surface area contributed by atoms with E-state index in [1.54, 1.807) is 37.3 Å². The highest BCUT2D eigenvalue weighted by atomic mass is 32.1. The molecule has 7 heteroatoms. The van der Waals surface area contributed by atoms with Gasteiger partial charge in [-0.25, -0.2) is 9.78 Å². The Morgan fingerprint density at radius 2 is 1.83 bits per heavy atom. The van der Waals surface area contributed by atoms with Crippen molar-refractivity contribution in [3.63, 3.8) is 0 Å². The van der Waals surface area contributed by atoms with Crippen LogP contribution in [0.5, 0.6) is 0 Å². The molecule has 0 aliphatic heterocycles. The molecule has 2 aromatic heterocycles. The fraction of sp³-hybridized carbons (Fsp3) is 0.136. The number of aryl methyl sites for hydroxylation is 1. The van der Waals surface area contributed by atoms with E-state index >= 15 is 0 Å². The summed E-state index contributed by atoms with van der Waals surface area (Å²) in [7, 11) is 1.97. The Morgan fingerprint density at radius 3 is 2.55 bits per heavy atom. The highest BCUT2D eigenvalue weighted by Crippen LogP contribution is 2.30. The lowest BCUT2D eigenvalue weighted by Gasteiger charge is -2.05. The van der Waals surface area contributed by atoms with Crippen molar-refractivity contribution in [2.24, 2.45) is 7.05 Å². The maximum atomic E-state index is 12.6. The number of aromatic nitrogens is 2. The lowest BCUT2D eigenvalue weighted by Crippen LogP contribution is -2.10. The van der Waals surface area contributed by atoms with Gasteiger partial charge in [0.1, 0.15) is 0 Å². The fourth-order valence-electron chi connectivity index (χ4n) is 3.04. The number of esters is 1. The number of anilines is 1. The minimum atomic E-state index is -0.379. The Hall–Kier alpha value is -3.45. The van der Waals surface area contributed by atoms with Crippen molar-refractivity contribution in [3.05, 3.63) is 71.1 Å². The van der Waals surface area contributed by atoms with Gasteiger partial charge in [-0.05, 0) is 55.5 Å². The summed E-state index contributed by atoms with van der Waals surface area (Å²) in [5.74, 6) is 0.244. The van der Waals surface area contributed by atoms with Crippen LogP contribution >= 0.6 is 11.3 Å². The van der Waals surface area contributed by atoms with Gasteiger partial charge >= 0.3 is 5.97 Å². The molecule has 29 heavy (non-hydrogen) atoms. The molecule has 1 N–H and O–H groups in total. The van der Waals surface area contributed by atoms with Gasteiger partial charge in [-0.15, -0.1) is 11.3 Å². The number of fused-ring (bicyclic) bond motifs is 1. The summed E-state index contributed by atoms with van der Waals surface area (Å²) in [4.78, 5) is 30.5. The Morgan fingerprint density at radius 1 is 1.07 bits per heavy atom. The van der Waals surface area contributed by atoms with E-state index in [0.717, 1.165) is 21.7 Å². The number of amides is 1. The molecule has 0 saturated heterocycles. The normalized spacial score (nSPS) is 10.8. The van der Waals surface area contributed by atoms with Crippen molar-refractivity contribution in [2.45, 2.75) is 6.92 Å². The van der Waals surface area contributed by atoms with E-state index in [4.69, 9.17) is 4.74 Å². The minimum Gasteiger partial charge on any atom is -0.462 e. The molecule has 0 aliphatic rings. The van der Waals surface area contributed by atoms with Gasteiger partial charge in [0.15, 0.2) is 5.82 Å². The number of carbonyl (C=O) groups excluding carboxylic acids is 2. The van der Waals surface area contributed by atoms with Gasteiger partial charge in [-0.3, -0.25) is 4.79 Å². The van der Waals surface area contributed by atoms with Crippen LogP contribution in [0, 0.1) is 0 Å². The van der Waals surface area contributed by atoms with Gasteiger partial charge in [-0.2, -0.15) is 0 Å². The average Bonchev–Trinajstić information content (AvgIpc) is 3.34. The first-order valence-corrected chi connectivity index (χ1v) is 9.98. The van der Waals surface area contributed by atoms with E-state index in [2.05, 4.69) is 10.3 Å². The molecular weight excluding hydrogens is 386 g/mol. The molecule has 0 saturated carbocycles. The molecule has 0 radical (unpaired) electrons. The molecule has 2 aromatic carbocycles. The van der Waals surface area contributed by atoms with E-state index in [-0.39, 0.29) is 11.9 Å². The number of thiophene rings is 1. The van der Waals surface area contributed by atoms with Crippen LogP contribution in [0.3, 0.4) is 0 Å². The van der Waals surface area contributed by atoms with E-state index in [0.29, 0.717) is 22.7 Å². The van der Waals surface area contributed by atoms with Crippen LogP contribution in [-0.4, -0.2) is 28.0 Å². The molecule has 0 spiro atoms. The van der Waals surface area contributed by atoms with Crippen molar-refractivity contribution < 1.29 is 14.3 Å². The molecule has 0 bridgehead atoms. The first kappa shape index (κ1) is 18.9. The molecule has 4 rings (SSSR count). The van der Waals surface area contributed by atoms with Crippen molar-refractivity contribution in [1.82, 2.24) is 9.55 Å². The average molecular weight is 405 g/mol. The number of rotatable bonds is 5. The summed E-state index contributed by atoms with van der Waals surface area (Å²) >= 11 is 1.39. The molecular formula is C22H19N3O3S. The molecule has 0 aliphatic carbocycles. The van der Waals surface area contributed by atoms with E-state index in [1.807, 2.05) is 41.9 Å². The zero-order chi connectivity index (χ0) is 20.4. The Kier molecular flexibility index (Phi) is 5.14. The maximum Gasteiger partial charge on any atom is 0.338 e.